The maximum absolute atomic E-state index is 5.04. The molecule has 3 aromatic heterocycles. The van der Waals surface area contributed by atoms with Gasteiger partial charge in [-0.3, -0.25) is 4.57 Å². The number of benzene rings is 3. The van der Waals surface area contributed by atoms with Gasteiger partial charge in [-0.1, -0.05) is 85.8 Å². The van der Waals surface area contributed by atoms with Crippen LogP contribution in [0.3, 0.4) is 0 Å². The lowest BCUT2D eigenvalue weighted by Gasteiger charge is -2.14. The Morgan fingerprint density at radius 2 is 1.54 bits per heavy atom. The summed E-state index contributed by atoms with van der Waals surface area (Å²) in [6.07, 6.45) is 0.811. The van der Waals surface area contributed by atoms with E-state index in [1.54, 1.807) is 0 Å². The van der Waals surface area contributed by atoms with E-state index in [9.17, 15) is 0 Å². The maximum atomic E-state index is 5.04. The highest BCUT2D eigenvalue weighted by Crippen LogP contribution is 2.33. The van der Waals surface area contributed by atoms with Crippen LogP contribution in [0.5, 0.6) is 0 Å². The van der Waals surface area contributed by atoms with Crippen molar-refractivity contribution in [1.82, 2.24) is 39.8 Å². The van der Waals surface area contributed by atoms with E-state index in [0.29, 0.717) is 12.4 Å². The van der Waals surface area contributed by atoms with Crippen molar-refractivity contribution in [2.24, 2.45) is 0 Å². The number of hydrogen-bond donors (Lipinski definition) is 1. The molecule has 0 atom stereocenters. The molecule has 0 aliphatic rings. The minimum Gasteiger partial charge on any atom is -0.292 e. The predicted molar refractivity (Wildman–Crippen MR) is 135 cm³/mol. The molecule has 35 heavy (non-hydrogen) atoms. The predicted octanol–water partition coefficient (Wildman–Crippen LogP) is 4.96. The highest BCUT2D eigenvalue weighted by molar-refractivity contribution is 5.82. The second-order valence-corrected chi connectivity index (χ2v) is 8.42. The molecule has 0 bridgehead atoms. The molecule has 0 saturated carbocycles. The van der Waals surface area contributed by atoms with E-state index in [1.807, 2.05) is 40.9 Å². The van der Waals surface area contributed by atoms with Crippen LogP contribution in [0, 0.1) is 6.92 Å². The van der Waals surface area contributed by atoms with Gasteiger partial charge in [-0.2, -0.15) is 10.3 Å². The van der Waals surface area contributed by atoms with Crippen LogP contribution in [-0.2, 0) is 13.0 Å². The number of aromatic nitrogens is 8. The fourth-order valence-electron chi connectivity index (χ4n) is 4.63. The zero-order valence-electron chi connectivity index (χ0n) is 19.6. The van der Waals surface area contributed by atoms with Crippen LogP contribution in [0.15, 0.2) is 78.9 Å². The molecule has 3 heterocycles. The van der Waals surface area contributed by atoms with Crippen LogP contribution in [-0.4, -0.2) is 39.8 Å². The third kappa shape index (κ3) is 3.59. The second-order valence-electron chi connectivity index (χ2n) is 8.42. The van der Waals surface area contributed by atoms with E-state index >= 15 is 0 Å². The van der Waals surface area contributed by atoms with Crippen molar-refractivity contribution in [2.75, 3.05) is 0 Å². The summed E-state index contributed by atoms with van der Waals surface area (Å²) in [5.41, 5.74) is 7.37. The Morgan fingerprint density at radius 3 is 2.29 bits per heavy atom. The zero-order valence-corrected chi connectivity index (χ0v) is 19.6. The zero-order chi connectivity index (χ0) is 23.8. The van der Waals surface area contributed by atoms with E-state index in [2.05, 4.69) is 81.5 Å². The minimum atomic E-state index is 0.575. The van der Waals surface area contributed by atoms with E-state index in [4.69, 9.17) is 10.1 Å². The second kappa shape index (κ2) is 8.64. The molecule has 0 aliphatic heterocycles. The lowest BCUT2D eigenvalue weighted by molar-refractivity contribution is 0.744. The first-order valence-corrected chi connectivity index (χ1v) is 11.7. The van der Waals surface area contributed by atoms with Gasteiger partial charge in [0.15, 0.2) is 0 Å². The number of tetrazole rings is 1. The molecule has 1 N–H and O–H groups in total. The van der Waals surface area contributed by atoms with Crippen molar-refractivity contribution in [3.8, 4) is 33.8 Å². The van der Waals surface area contributed by atoms with Crippen molar-refractivity contribution in [1.29, 1.82) is 0 Å². The Morgan fingerprint density at radius 1 is 0.829 bits per heavy atom. The molecule has 0 amide bonds. The number of imidazole rings is 1. The largest absolute Gasteiger partial charge is 0.292 e. The van der Waals surface area contributed by atoms with Gasteiger partial charge >= 0.3 is 0 Å². The molecular weight excluding hydrogens is 436 g/mol. The molecular formula is C27H24N8. The van der Waals surface area contributed by atoms with Crippen molar-refractivity contribution >= 4 is 5.78 Å². The van der Waals surface area contributed by atoms with Gasteiger partial charge in [-0.05, 0) is 28.8 Å². The Labute approximate surface area is 202 Å². The van der Waals surface area contributed by atoms with Crippen LogP contribution >= 0.6 is 0 Å². The van der Waals surface area contributed by atoms with E-state index in [-0.39, 0.29) is 0 Å². The SMILES string of the molecule is CCc1nn2c(C)c(-c3ccccc3)nc2n1Cc1ccccc1-c1ccccc1-c1nn[nH]n1. The Hall–Kier alpha value is -4.59. The summed E-state index contributed by atoms with van der Waals surface area (Å²) in [5, 5.41) is 19.7. The van der Waals surface area contributed by atoms with Gasteiger partial charge in [-0.15, -0.1) is 10.2 Å². The third-order valence-corrected chi connectivity index (χ3v) is 6.34. The van der Waals surface area contributed by atoms with Crippen molar-refractivity contribution in [3.63, 3.8) is 0 Å². The summed E-state index contributed by atoms with van der Waals surface area (Å²) in [6, 6.07) is 26.8. The molecule has 8 nitrogen and oxygen atoms in total. The number of nitrogens with zero attached hydrogens (tertiary/aromatic N) is 7. The normalized spacial score (nSPS) is 11.4. The van der Waals surface area contributed by atoms with Crippen molar-refractivity contribution in [3.05, 3.63) is 95.9 Å². The van der Waals surface area contributed by atoms with Gasteiger partial charge in [0, 0.05) is 17.5 Å². The lowest BCUT2D eigenvalue weighted by atomic mass is 9.95. The molecule has 3 aromatic carbocycles. The summed E-state index contributed by atoms with van der Waals surface area (Å²) in [7, 11) is 0. The van der Waals surface area contributed by atoms with Crippen molar-refractivity contribution in [2.45, 2.75) is 26.8 Å². The molecule has 0 radical (unpaired) electrons. The number of aromatic amines is 1. The van der Waals surface area contributed by atoms with Crippen LogP contribution in [0.25, 0.3) is 39.5 Å². The molecule has 0 fully saturated rings. The Kier molecular flexibility index (Phi) is 5.18. The van der Waals surface area contributed by atoms with Crippen molar-refractivity contribution < 1.29 is 0 Å². The number of aryl methyl sites for hydroxylation is 2. The van der Waals surface area contributed by atoms with Crippen LogP contribution in [0.4, 0.5) is 0 Å². The molecule has 6 aromatic rings. The number of hydrogen-bond acceptors (Lipinski definition) is 5. The first-order chi connectivity index (χ1) is 17.2. The molecule has 0 spiro atoms. The Bertz CT molecular complexity index is 1610. The molecule has 0 saturated heterocycles. The maximum Gasteiger partial charge on any atom is 0.233 e. The monoisotopic (exact) mass is 460 g/mol. The van der Waals surface area contributed by atoms with Gasteiger partial charge in [0.25, 0.3) is 0 Å². The van der Waals surface area contributed by atoms with E-state index < -0.39 is 0 Å². The highest BCUT2D eigenvalue weighted by Gasteiger charge is 2.20. The topological polar surface area (TPSA) is 89.6 Å². The molecule has 6 rings (SSSR count). The van der Waals surface area contributed by atoms with E-state index in [0.717, 1.165) is 51.7 Å². The molecule has 0 unspecified atom stereocenters. The first-order valence-electron chi connectivity index (χ1n) is 11.7. The van der Waals surface area contributed by atoms with Gasteiger partial charge in [-0.25, -0.2) is 9.50 Å². The van der Waals surface area contributed by atoms with Crippen LogP contribution in [0.1, 0.15) is 24.0 Å². The smallest absolute Gasteiger partial charge is 0.233 e. The standard InChI is InChI=1S/C27H24N8/c1-3-24-31-35-18(2)25(19-11-5-4-6-12-19)28-27(35)34(24)17-20-13-7-8-14-21(20)22-15-9-10-16-23(22)26-29-32-33-30-26/h4-16H,3,17H2,1-2H3,(H,29,30,32,33). The summed E-state index contributed by atoms with van der Waals surface area (Å²) in [4.78, 5) is 5.04. The number of fused-ring (bicyclic) bond motifs is 1. The van der Waals surface area contributed by atoms with Gasteiger partial charge < -0.3 is 0 Å². The number of rotatable bonds is 6. The lowest BCUT2D eigenvalue weighted by Crippen LogP contribution is -2.06. The molecule has 0 aliphatic carbocycles. The van der Waals surface area contributed by atoms with Gasteiger partial charge in [0.2, 0.25) is 11.6 Å². The summed E-state index contributed by atoms with van der Waals surface area (Å²) in [5.74, 6) is 2.42. The molecule has 172 valence electrons. The summed E-state index contributed by atoms with van der Waals surface area (Å²) in [6.45, 7) is 4.85. The quantitative estimate of drug-likeness (QED) is 0.379. The summed E-state index contributed by atoms with van der Waals surface area (Å²) >= 11 is 0. The van der Waals surface area contributed by atoms with Crippen LogP contribution in [0.2, 0.25) is 0 Å². The summed E-state index contributed by atoms with van der Waals surface area (Å²) < 4.78 is 4.19. The highest BCUT2D eigenvalue weighted by atomic mass is 15.5. The number of H-pyrrole nitrogens is 1. The van der Waals surface area contributed by atoms with Gasteiger partial charge in [0.05, 0.1) is 17.9 Å². The number of nitrogens with one attached hydrogen (secondary N) is 1. The van der Waals surface area contributed by atoms with Gasteiger partial charge in [0.1, 0.15) is 5.82 Å². The average Bonchev–Trinajstić information content (AvgIpc) is 3.63. The fraction of sp³-hybridized carbons (Fsp3) is 0.148. The molecule has 8 heteroatoms. The first kappa shape index (κ1) is 21.0. The average molecular weight is 461 g/mol. The third-order valence-electron chi connectivity index (χ3n) is 6.34. The van der Waals surface area contributed by atoms with Crippen LogP contribution < -0.4 is 0 Å². The fourth-order valence-corrected chi connectivity index (χ4v) is 4.63. The Balaban J connectivity index is 1.48. The minimum absolute atomic E-state index is 0.575. The van der Waals surface area contributed by atoms with E-state index in [1.165, 1.54) is 5.56 Å².